The lowest BCUT2D eigenvalue weighted by Crippen LogP contribution is -2.47. The average molecular weight is 1090 g/mol. The Kier molecular flexibility index (Phi) is 13.8. The molecule has 0 saturated heterocycles. The summed E-state index contributed by atoms with van der Waals surface area (Å²) in [5, 5.41) is 2.32. The van der Waals surface area contributed by atoms with Crippen LogP contribution in [-0.2, 0) is 38.4 Å². The molecule has 4 aliphatic carbocycles. The number of Topliss-reactive ketones (excluding diaryl/α,β-unsaturated/α-hetero) is 2. The monoisotopic (exact) mass is 1080 g/mol. The minimum absolute atomic E-state index is 0.0428. The highest BCUT2D eigenvalue weighted by Gasteiger charge is 2.71. The van der Waals surface area contributed by atoms with Crippen LogP contribution in [0.15, 0.2) is 70.5 Å². The molecular weight excluding hydrogens is 1020 g/mol. The normalized spacial score (nSPS) is 26.2. The molecule has 6 atom stereocenters. The van der Waals surface area contributed by atoms with E-state index in [9.17, 15) is 40.8 Å². The molecule has 6 unspecified atom stereocenters. The van der Waals surface area contributed by atoms with E-state index in [0.29, 0.717) is 56.9 Å². The summed E-state index contributed by atoms with van der Waals surface area (Å²) in [7, 11) is -9.38. The zero-order chi connectivity index (χ0) is 52.9. The smallest absolute Gasteiger partial charge is 0.289 e. The van der Waals surface area contributed by atoms with Crippen molar-refractivity contribution in [3.8, 4) is 0 Å². The summed E-state index contributed by atoms with van der Waals surface area (Å²) in [6.45, 7) is 11.9. The molecule has 4 aromatic rings. The number of benzene rings is 4. The van der Waals surface area contributed by atoms with Crippen LogP contribution in [-0.4, -0.2) is 84.7 Å². The van der Waals surface area contributed by atoms with Crippen LogP contribution in [0.2, 0.25) is 0 Å². The predicted molar refractivity (Wildman–Crippen MR) is 283 cm³/mol. The summed E-state index contributed by atoms with van der Waals surface area (Å²) < 4.78 is 67.5. The Balaban J connectivity index is 0.914. The highest BCUT2D eigenvalue weighted by Crippen LogP contribution is 2.69. The van der Waals surface area contributed by atoms with Crippen molar-refractivity contribution >= 4 is 101 Å². The summed E-state index contributed by atoms with van der Waals surface area (Å²) in [5.74, 6) is -5.39. The molecule has 2 aliphatic heterocycles. The molecule has 74 heavy (non-hydrogen) atoms. The van der Waals surface area contributed by atoms with E-state index in [2.05, 4.69) is 13.8 Å². The largest absolute Gasteiger partial charge is 0.299 e. The number of rotatable bonds is 21. The first-order valence-corrected chi connectivity index (χ1v) is 31.2. The van der Waals surface area contributed by atoms with Crippen molar-refractivity contribution < 1.29 is 54.2 Å². The van der Waals surface area contributed by atoms with Gasteiger partial charge in [0.05, 0.1) is 44.6 Å². The van der Waals surface area contributed by atoms with Crippen LogP contribution >= 0.6 is 23.5 Å². The van der Waals surface area contributed by atoms with Crippen molar-refractivity contribution in [3.05, 3.63) is 82.9 Å². The van der Waals surface area contributed by atoms with E-state index in [0.717, 1.165) is 61.0 Å². The Morgan fingerprint density at radius 1 is 0.608 bits per heavy atom. The maximum Gasteiger partial charge on any atom is 0.289 e. The summed E-state index contributed by atoms with van der Waals surface area (Å²) in [5.41, 5.74) is -3.61. The lowest BCUT2D eigenvalue weighted by Gasteiger charge is -2.36. The van der Waals surface area contributed by atoms with Gasteiger partial charge in [0.1, 0.15) is 11.6 Å². The van der Waals surface area contributed by atoms with Crippen LogP contribution in [0, 0.1) is 39.4 Å². The van der Waals surface area contributed by atoms with Gasteiger partial charge in [0, 0.05) is 38.2 Å². The molecule has 0 aromatic heterocycles. The maximum atomic E-state index is 15.4. The molecule has 0 N–H and O–H groups in total. The van der Waals surface area contributed by atoms with Gasteiger partial charge in [0.25, 0.3) is 43.9 Å². The highest BCUT2D eigenvalue weighted by atomic mass is 32.2. The first kappa shape index (κ1) is 53.0. The van der Waals surface area contributed by atoms with Gasteiger partial charge in [-0.25, -0.2) is 0 Å². The van der Waals surface area contributed by atoms with Crippen molar-refractivity contribution in [2.24, 2.45) is 39.4 Å². The zero-order valence-electron chi connectivity index (χ0n) is 42.8. The fourth-order valence-electron chi connectivity index (χ4n) is 14.0. The van der Waals surface area contributed by atoms with E-state index in [-0.39, 0.29) is 63.7 Å². The Hall–Kier alpha value is -4.46. The van der Waals surface area contributed by atoms with Crippen molar-refractivity contribution in [1.29, 1.82) is 0 Å². The van der Waals surface area contributed by atoms with Crippen molar-refractivity contribution in [1.82, 2.24) is 10.1 Å². The Bertz CT molecular complexity index is 3250. The average Bonchev–Trinajstić information content (AvgIpc) is 3.88. The van der Waals surface area contributed by atoms with Crippen LogP contribution in [0.1, 0.15) is 166 Å². The number of nitrogens with zero attached hydrogens (tertiary/aromatic N) is 2. The van der Waals surface area contributed by atoms with Gasteiger partial charge in [-0.2, -0.15) is 16.8 Å². The lowest BCUT2D eigenvalue weighted by atomic mass is 9.70. The molecule has 4 fully saturated rings. The minimum Gasteiger partial charge on any atom is -0.299 e. The number of thioether (sulfide) groups is 2. The number of unbranched alkanes of at least 4 members (excludes halogenated alkanes) is 5. The number of fused-ring (bicyclic) bond motifs is 4. The molecule has 6 aliphatic rings. The SMILES string of the molecule is CCCCCCCC(Sc1ccc2c3c(cccc13)C(=O)N(OS(=O)(=O)CC13CCC(CC1=O)C3(C)C)C2=O)C1C(=O)C2(CS(=O)(=O)ON3C(=O)c4cccc5c(SCCCC)ccc(c45)C3=O)CCC1C2(C)C. The topological polar surface area (TPSA) is 196 Å². The van der Waals surface area contributed by atoms with Crippen molar-refractivity contribution in [2.45, 2.75) is 140 Å². The Morgan fingerprint density at radius 3 is 1.66 bits per heavy atom. The van der Waals surface area contributed by atoms with Gasteiger partial charge < -0.3 is 0 Å². The fourth-order valence-corrected chi connectivity index (χ4v) is 20.0. The van der Waals surface area contributed by atoms with Gasteiger partial charge in [-0.1, -0.05) is 104 Å². The molecule has 4 aromatic carbocycles. The quantitative estimate of drug-likeness (QED) is 0.0434. The molecule has 14 nitrogen and oxygen atoms in total. The molecule has 0 radical (unpaired) electrons. The molecule has 18 heteroatoms. The third kappa shape index (κ3) is 8.32. The molecule has 394 valence electrons. The first-order chi connectivity index (χ1) is 35.0. The molecule has 0 spiro atoms. The molecule has 4 bridgehead atoms. The van der Waals surface area contributed by atoms with Crippen LogP contribution in [0.4, 0.5) is 0 Å². The fraction of sp³-hybridized carbons (Fsp3) is 0.536. The number of imide groups is 2. The number of carbonyl (C=O) groups is 6. The number of amides is 4. The van der Waals surface area contributed by atoms with Gasteiger partial charge in [0.2, 0.25) is 0 Å². The summed E-state index contributed by atoms with van der Waals surface area (Å²) in [4.78, 5) is 86.8. The number of hydrogen-bond donors (Lipinski definition) is 0. The lowest BCUT2D eigenvalue weighted by molar-refractivity contribution is -0.131. The second-order valence-electron chi connectivity index (χ2n) is 22.6. The number of carbonyl (C=O) groups excluding carboxylic acids is 6. The summed E-state index contributed by atoms with van der Waals surface area (Å²) in [6, 6.07) is 16.7. The standard InChI is InChI=1S/C56H64N2O12S4/c1-7-9-11-12-13-20-43(72-42-24-22-39-46-35(42)17-15-19-37(46)50(62)57(52(39)64)69-73(65,66)31-55-27-25-33(30-44(55)59)53(55,3)4)47-40-26-28-56(48(47)60,54(40,5)6)32-74(67,68)70-58-49(61)36-18-14-16-34-41(71-29-10-8-2)23-21-38(45(34)36)51(58)63/h14-19,21-24,33,40,43,47H,7-13,20,25-32H2,1-6H3. The summed E-state index contributed by atoms with van der Waals surface area (Å²) >= 11 is 3.09. The minimum atomic E-state index is -4.76. The zero-order valence-corrected chi connectivity index (χ0v) is 46.1. The second-order valence-corrected chi connectivity index (χ2v) is 28.1. The van der Waals surface area contributed by atoms with Crippen LogP contribution in [0.5, 0.6) is 0 Å². The third-order valence-electron chi connectivity index (χ3n) is 18.3. The summed E-state index contributed by atoms with van der Waals surface area (Å²) in [6.07, 6.45) is 9.61. The Labute approximate surface area is 441 Å². The first-order valence-electron chi connectivity index (χ1n) is 26.2. The highest BCUT2D eigenvalue weighted by molar-refractivity contribution is 8.00. The number of ketones is 2. The predicted octanol–water partition coefficient (Wildman–Crippen LogP) is 11.1. The number of hydrogen-bond acceptors (Lipinski definition) is 14. The number of hydroxylamine groups is 4. The second kappa shape index (κ2) is 19.2. The third-order valence-corrected chi connectivity index (χ3v) is 23.3. The van der Waals surface area contributed by atoms with Crippen LogP contribution < -0.4 is 0 Å². The molecular formula is C56H64N2O12S4. The van der Waals surface area contributed by atoms with E-state index in [1.54, 1.807) is 54.2 Å². The molecule has 4 saturated carbocycles. The Morgan fingerprint density at radius 2 is 1.12 bits per heavy atom. The van der Waals surface area contributed by atoms with E-state index >= 15 is 4.79 Å². The van der Waals surface area contributed by atoms with Gasteiger partial charge >= 0.3 is 0 Å². The van der Waals surface area contributed by atoms with E-state index < -0.39 is 82.9 Å². The molecule has 4 amide bonds. The molecule has 10 rings (SSSR count). The van der Waals surface area contributed by atoms with Gasteiger partial charge in [-0.15, -0.1) is 42.2 Å². The van der Waals surface area contributed by atoms with Crippen molar-refractivity contribution in [3.63, 3.8) is 0 Å². The van der Waals surface area contributed by atoms with E-state index in [1.807, 2.05) is 39.8 Å². The van der Waals surface area contributed by atoms with Gasteiger partial charge in [-0.05, 0) is 114 Å². The van der Waals surface area contributed by atoms with E-state index in [4.69, 9.17) is 8.57 Å². The van der Waals surface area contributed by atoms with Gasteiger partial charge in [0.15, 0.2) is 0 Å². The van der Waals surface area contributed by atoms with Crippen LogP contribution in [0.25, 0.3) is 21.5 Å². The maximum absolute atomic E-state index is 15.4. The van der Waals surface area contributed by atoms with Gasteiger partial charge in [-0.3, -0.25) is 28.8 Å². The molecule has 2 heterocycles. The van der Waals surface area contributed by atoms with Crippen molar-refractivity contribution in [2.75, 3.05) is 17.3 Å². The van der Waals surface area contributed by atoms with Crippen LogP contribution in [0.3, 0.4) is 0 Å². The van der Waals surface area contributed by atoms with E-state index in [1.165, 1.54) is 17.8 Å².